The van der Waals surface area contributed by atoms with E-state index in [0.29, 0.717) is 17.2 Å². The van der Waals surface area contributed by atoms with Gasteiger partial charge in [-0.1, -0.05) is 50.1 Å². The maximum Gasteiger partial charge on any atom is 0.349 e. The first kappa shape index (κ1) is 21.6. The predicted octanol–water partition coefficient (Wildman–Crippen LogP) is 4.26. The van der Waals surface area contributed by atoms with E-state index in [2.05, 4.69) is 31.9 Å². The molecule has 0 aromatic heterocycles. The van der Waals surface area contributed by atoms with Crippen molar-refractivity contribution in [3.05, 3.63) is 54.1 Å². The Hall–Kier alpha value is -2.19. The maximum atomic E-state index is 13.1. The van der Waals surface area contributed by atoms with Crippen molar-refractivity contribution in [2.45, 2.75) is 23.0 Å². The van der Waals surface area contributed by atoms with Gasteiger partial charge in [-0.2, -0.15) is 0 Å². The molecule has 2 aromatic rings. The normalized spacial score (nSPS) is 30.5. The fraction of sp³-hybridized carbons (Fsp3) is 0.375. The van der Waals surface area contributed by atoms with Gasteiger partial charge in [0.05, 0.1) is 17.5 Å². The van der Waals surface area contributed by atoms with Gasteiger partial charge in [-0.25, -0.2) is 4.79 Å². The Morgan fingerprint density at radius 1 is 0.969 bits per heavy atom. The van der Waals surface area contributed by atoms with Crippen LogP contribution in [0.3, 0.4) is 0 Å². The Labute approximate surface area is 202 Å². The maximum absolute atomic E-state index is 13.1. The van der Waals surface area contributed by atoms with Crippen LogP contribution in [0.4, 0.5) is 5.69 Å². The molecule has 3 aliphatic rings. The van der Waals surface area contributed by atoms with Crippen LogP contribution in [0.5, 0.6) is 11.5 Å². The summed E-state index contributed by atoms with van der Waals surface area (Å²) in [6.45, 7) is 1.68. The first-order valence-electron chi connectivity index (χ1n) is 10.5. The minimum absolute atomic E-state index is 0.132. The number of aryl methyl sites for hydroxylation is 1. The largest absolute Gasteiger partial charge is 0.482 e. The highest BCUT2D eigenvalue weighted by atomic mass is 79.9. The van der Waals surface area contributed by atoms with Crippen molar-refractivity contribution in [3.8, 4) is 11.5 Å². The molecule has 2 amide bonds. The van der Waals surface area contributed by atoms with Crippen LogP contribution in [0, 0.1) is 30.6 Å². The quantitative estimate of drug-likeness (QED) is 0.236. The molecule has 0 spiro atoms. The predicted molar refractivity (Wildman–Crippen MR) is 125 cm³/mol. The van der Waals surface area contributed by atoms with E-state index in [0.717, 1.165) is 12.0 Å². The number of carbonyl (C=O) groups excluding carboxylic acids is 3. The summed E-state index contributed by atoms with van der Waals surface area (Å²) in [5.41, 5.74) is 1.43. The number of hydrogen-bond acceptors (Lipinski definition) is 5. The van der Waals surface area contributed by atoms with Crippen molar-refractivity contribution in [3.63, 3.8) is 0 Å². The highest BCUT2D eigenvalue weighted by Crippen LogP contribution is 2.60. The molecular formula is C24H21Br2NO5. The van der Waals surface area contributed by atoms with Crippen LogP contribution in [0.2, 0.25) is 0 Å². The summed E-state index contributed by atoms with van der Waals surface area (Å²) in [6, 6.07) is 13.9. The van der Waals surface area contributed by atoms with E-state index in [-0.39, 0.29) is 51.7 Å². The molecule has 2 bridgehead atoms. The highest BCUT2D eigenvalue weighted by Gasteiger charge is 2.66. The number of fused-ring (bicyclic) bond motifs is 5. The Morgan fingerprint density at radius 2 is 1.56 bits per heavy atom. The van der Waals surface area contributed by atoms with Gasteiger partial charge in [-0.05, 0) is 61.1 Å². The van der Waals surface area contributed by atoms with Gasteiger partial charge in [0.15, 0.2) is 6.61 Å². The van der Waals surface area contributed by atoms with E-state index in [4.69, 9.17) is 9.47 Å². The molecular weight excluding hydrogens is 542 g/mol. The third kappa shape index (κ3) is 3.48. The zero-order valence-corrected chi connectivity index (χ0v) is 20.4. The van der Waals surface area contributed by atoms with Crippen molar-refractivity contribution in [1.29, 1.82) is 0 Å². The van der Waals surface area contributed by atoms with E-state index in [1.807, 2.05) is 25.1 Å². The molecule has 166 valence electrons. The molecule has 3 fully saturated rings. The number of halogens is 2. The number of hydrogen-bond donors (Lipinski definition) is 0. The lowest BCUT2D eigenvalue weighted by molar-refractivity contribution is -0.136. The Kier molecular flexibility index (Phi) is 5.61. The zero-order chi connectivity index (χ0) is 22.6. The summed E-state index contributed by atoms with van der Waals surface area (Å²) in [6.07, 6.45) is 0.895. The van der Waals surface area contributed by atoms with Crippen LogP contribution in [0.1, 0.15) is 12.0 Å². The molecule has 2 aliphatic carbocycles. The van der Waals surface area contributed by atoms with Crippen LogP contribution in [0.25, 0.3) is 0 Å². The molecule has 5 rings (SSSR count). The Bertz CT molecular complexity index is 1060. The SMILES string of the molecule is Cc1ccccc1OCC(=O)Oc1ccc(N2C(=O)[C@@H]3[C@H]4C[C@@H]([C@H](Br)[C@@H]4Br)[C@@H]3C2=O)cc1. The van der Waals surface area contributed by atoms with Gasteiger partial charge in [0, 0.05) is 9.65 Å². The number of imide groups is 1. The van der Waals surface area contributed by atoms with Crippen molar-refractivity contribution >= 4 is 55.3 Å². The average Bonchev–Trinajstić information content (AvgIpc) is 3.39. The second kappa shape index (κ2) is 8.30. The minimum Gasteiger partial charge on any atom is -0.482 e. The number of alkyl halides is 2. The number of carbonyl (C=O) groups is 3. The van der Waals surface area contributed by atoms with Gasteiger partial charge < -0.3 is 9.47 Å². The number of esters is 1. The summed E-state index contributed by atoms with van der Waals surface area (Å²) in [4.78, 5) is 40.1. The molecule has 8 heteroatoms. The first-order chi connectivity index (χ1) is 15.4. The summed E-state index contributed by atoms with van der Waals surface area (Å²) in [5.74, 6) is -0.0286. The van der Waals surface area contributed by atoms with Crippen LogP contribution in [-0.4, -0.2) is 34.0 Å². The fourth-order valence-corrected chi connectivity index (χ4v) is 7.16. The minimum atomic E-state index is -0.535. The lowest BCUT2D eigenvalue weighted by Gasteiger charge is -2.28. The molecule has 1 saturated heterocycles. The van der Waals surface area contributed by atoms with Crippen LogP contribution < -0.4 is 14.4 Å². The molecule has 6 nitrogen and oxygen atoms in total. The molecule has 1 heterocycles. The van der Waals surface area contributed by atoms with Crippen molar-refractivity contribution in [1.82, 2.24) is 0 Å². The number of rotatable bonds is 5. The summed E-state index contributed by atoms with van der Waals surface area (Å²) in [5, 5.41) is 0. The van der Waals surface area contributed by atoms with Gasteiger partial charge in [-0.3, -0.25) is 14.5 Å². The first-order valence-corrected chi connectivity index (χ1v) is 12.3. The number of amides is 2. The molecule has 1 aliphatic heterocycles. The van der Waals surface area contributed by atoms with Crippen LogP contribution in [-0.2, 0) is 14.4 Å². The molecule has 0 N–H and O–H groups in total. The van der Waals surface area contributed by atoms with Crippen molar-refractivity contribution < 1.29 is 23.9 Å². The second-order valence-electron chi connectivity index (χ2n) is 8.54. The molecule has 2 saturated carbocycles. The smallest absolute Gasteiger partial charge is 0.349 e. The number of nitrogens with zero attached hydrogens (tertiary/aromatic N) is 1. The summed E-state index contributed by atoms with van der Waals surface area (Å²) in [7, 11) is 0. The molecule has 0 unspecified atom stereocenters. The second-order valence-corrected chi connectivity index (χ2v) is 10.7. The van der Waals surface area contributed by atoms with Gasteiger partial charge in [0.2, 0.25) is 11.8 Å². The van der Waals surface area contributed by atoms with Gasteiger partial charge in [0.1, 0.15) is 11.5 Å². The zero-order valence-electron chi connectivity index (χ0n) is 17.2. The Balaban J connectivity index is 1.24. The van der Waals surface area contributed by atoms with E-state index >= 15 is 0 Å². The average molecular weight is 563 g/mol. The van der Waals surface area contributed by atoms with Crippen molar-refractivity contribution in [2.24, 2.45) is 23.7 Å². The number of ether oxygens (including phenoxy) is 2. The van der Waals surface area contributed by atoms with Gasteiger partial charge in [-0.15, -0.1) is 0 Å². The van der Waals surface area contributed by atoms with Gasteiger partial charge >= 0.3 is 5.97 Å². The van der Waals surface area contributed by atoms with Crippen molar-refractivity contribution in [2.75, 3.05) is 11.5 Å². The highest BCUT2D eigenvalue weighted by molar-refractivity contribution is 9.12. The standard InChI is InChI=1S/C24H21Br2NO5/c1-12-4-2-3-5-17(12)31-11-18(28)32-14-8-6-13(7-9-14)27-23(29)19-15-10-16(20(19)24(27)30)22(26)21(15)25/h2-9,15-16,19-22H,10-11H2,1H3/t15-,16-,19-,20+,21-,22+/m1/s1. The Morgan fingerprint density at radius 3 is 2.16 bits per heavy atom. The summed E-state index contributed by atoms with van der Waals surface area (Å²) < 4.78 is 10.8. The molecule has 0 radical (unpaired) electrons. The van der Waals surface area contributed by atoms with E-state index in [1.165, 1.54) is 4.90 Å². The number of para-hydroxylation sites is 1. The lowest BCUT2D eigenvalue weighted by Crippen LogP contribution is -2.37. The molecule has 32 heavy (non-hydrogen) atoms. The topological polar surface area (TPSA) is 72.9 Å². The van der Waals surface area contributed by atoms with Crippen LogP contribution in [0.15, 0.2) is 48.5 Å². The lowest BCUT2D eigenvalue weighted by atomic mass is 9.81. The molecule has 6 atom stereocenters. The third-order valence-corrected chi connectivity index (χ3v) is 9.96. The van der Waals surface area contributed by atoms with Crippen LogP contribution >= 0.6 is 31.9 Å². The third-order valence-electron chi connectivity index (χ3n) is 6.75. The van der Waals surface area contributed by atoms with Gasteiger partial charge in [0.25, 0.3) is 0 Å². The number of anilines is 1. The number of benzene rings is 2. The molecule has 2 aromatic carbocycles. The van der Waals surface area contributed by atoms with E-state index in [1.54, 1.807) is 30.3 Å². The van der Waals surface area contributed by atoms with E-state index < -0.39 is 5.97 Å². The monoisotopic (exact) mass is 561 g/mol. The summed E-state index contributed by atoms with van der Waals surface area (Å²) >= 11 is 7.39. The van der Waals surface area contributed by atoms with E-state index in [9.17, 15) is 14.4 Å². The fourth-order valence-electron chi connectivity index (χ4n) is 5.28.